The number of halogens is 1. The van der Waals surface area contributed by atoms with Gasteiger partial charge in [-0.3, -0.25) is 4.90 Å². The molecule has 0 spiro atoms. The zero-order valence-corrected chi connectivity index (χ0v) is 14.9. The van der Waals surface area contributed by atoms with Gasteiger partial charge < -0.3 is 14.0 Å². The molecule has 26 heavy (non-hydrogen) atoms. The van der Waals surface area contributed by atoms with E-state index >= 15 is 0 Å². The van der Waals surface area contributed by atoms with E-state index in [0.29, 0.717) is 6.61 Å². The Morgan fingerprint density at radius 3 is 2.50 bits per heavy atom. The molecule has 0 aliphatic carbocycles. The minimum absolute atomic E-state index is 0.196. The van der Waals surface area contributed by atoms with E-state index in [-0.39, 0.29) is 5.82 Å². The zero-order chi connectivity index (χ0) is 17.6. The molecule has 0 saturated carbocycles. The molecule has 2 bridgehead atoms. The van der Waals surface area contributed by atoms with Crippen LogP contribution in [0.25, 0.3) is 0 Å². The van der Waals surface area contributed by atoms with Crippen LogP contribution in [0.3, 0.4) is 0 Å². The van der Waals surface area contributed by atoms with Crippen LogP contribution in [-0.2, 0) is 17.9 Å². The van der Waals surface area contributed by atoms with Crippen molar-refractivity contribution in [2.75, 3.05) is 39.3 Å². The fourth-order valence-electron chi connectivity index (χ4n) is 4.50. The molecule has 4 heterocycles. The molecule has 0 N–H and O–H groups in total. The maximum atomic E-state index is 14.2. The van der Waals surface area contributed by atoms with Crippen LogP contribution in [-0.4, -0.2) is 48.7 Å². The van der Waals surface area contributed by atoms with Gasteiger partial charge in [-0.2, -0.15) is 0 Å². The smallest absolute Gasteiger partial charge is 0.227 e. The van der Waals surface area contributed by atoms with Gasteiger partial charge in [-0.25, -0.2) is 4.39 Å². The predicted molar refractivity (Wildman–Crippen MR) is 96.0 cm³/mol. The maximum Gasteiger partial charge on any atom is 0.227 e. The Labute approximate surface area is 153 Å². The van der Waals surface area contributed by atoms with Crippen LogP contribution < -0.4 is 4.74 Å². The number of piperazine rings is 3. The average Bonchev–Trinajstić information content (AvgIpc) is 2.69. The average molecular weight is 355 g/mol. The molecule has 6 rings (SSSR count). The lowest BCUT2D eigenvalue weighted by atomic mass is 10.0. The number of hydrogen-bond acceptors (Lipinski definition) is 3. The van der Waals surface area contributed by atoms with Gasteiger partial charge in [-0.15, -0.1) is 0 Å². The van der Waals surface area contributed by atoms with Crippen molar-refractivity contribution in [2.24, 2.45) is 0 Å². The SMILES string of the molecule is Fc1cc2c(c(C[N+]34CCN(CC3)CC4)c1)O[C@@H](c1ccccc1)OC2. The third-order valence-corrected chi connectivity index (χ3v) is 6.07. The van der Waals surface area contributed by atoms with Crippen molar-refractivity contribution in [3.63, 3.8) is 0 Å². The van der Waals surface area contributed by atoms with E-state index in [1.165, 1.54) is 0 Å². The molecule has 4 aliphatic rings. The Morgan fingerprint density at radius 1 is 1.04 bits per heavy atom. The molecule has 4 aliphatic heterocycles. The van der Waals surface area contributed by atoms with Gasteiger partial charge in [0.15, 0.2) is 0 Å². The number of rotatable bonds is 3. The molecule has 3 fully saturated rings. The molecule has 0 radical (unpaired) electrons. The molecule has 0 aromatic heterocycles. The van der Waals surface area contributed by atoms with Gasteiger partial charge in [-0.1, -0.05) is 30.3 Å². The molecule has 2 aromatic rings. The normalized spacial score (nSPS) is 29.9. The third-order valence-electron chi connectivity index (χ3n) is 6.07. The first kappa shape index (κ1) is 16.2. The summed E-state index contributed by atoms with van der Waals surface area (Å²) in [5, 5.41) is 0. The summed E-state index contributed by atoms with van der Waals surface area (Å²) in [4.78, 5) is 2.52. The van der Waals surface area contributed by atoms with E-state index in [2.05, 4.69) is 4.90 Å². The van der Waals surface area contributed by atoms with Gasteiger partial charge in [0.1, 0.15) is 18.1 Å². The van der Waals surface area contributed by atoms with Crippen LogP contribution in [0.2, 0.25) is 0 Å². The summed E-state index contributed by atoms with van der Waals surface area (Å²) in [6.45, 7) is 8.09. The Hall–Kier alpha value is -1.95. The van der Waals surface area contributed by atoms with Crippen molar-refractivity contribution >= 4 is 0 Å². The van der Waals surface area contributed by atoms with Crippen LogP contribution in [0.15, 0.2) is 42.5 Å². The van der Waals surface area contributed by atoms with E-state index in [4.69, 9.17) is 9.47 Å². The summed E-state index contributed by atoms with van der Waals surface area (Å²) in [6, 6.07) is 13.2. The first-order valence-electron chi connectivity index (χ1n) is 9.43. The minimum atomic E-state index is -0.425. The molecule has 5 heteroatoms. The number of hydrogen-bond donors (Lipinski definition) is 0. The predicted octanol–water partition coefficient (Wildman–Crippen LogP) is 3.08. The lowest BCUT2D eigenvalue weighted by Gasteiger charge is -2.50. The highest BCUT2D eigenvalue weighted by Gasteiger charge is 2.39. The second-order valence-corrected chi connectivity index (χ2v) is 7.74. The Morgan fingerprint density at radius 2 is 1.77 bits per heavy atom. The topological polar surface area (TPSA) is 21.7 Å². The summed E-state index contributed by atoms with van der Waals surface area (Å²) in [5.41, 5.74) is 2.80. The first-order chi connectivity index (χ1) is 12.7. The molecule has 0 amide bonds. The first-order valence-corrected chi connectivity index (χ1v) is 9.43. The van der Waals surface area contributed by atoms with Crippen LogP contribution in [0.4, 0.5) is 4.39 Å². The summed E-state index contributed by atoms with van der Waals surface area (Å²) in [6.07, 6.45) is -0.425. The van der Waals surface area contributed by atoms with Crippen LogP contribution in [0.5, 0.6) is 5.75 Å². The summed E-state index contributed by atoms with van der Waals surface area (Å²) in [5.74, 6) is 0.630. The van der Waals surface area contributed by atoms with E-state index in [9.17, 15) is 4.39 Å². The van der Waals surface area contributed by atoms with Crippen molar-refractivity contribution in [1.29, 1.82) is 0 Å². The highest BCUT2D eigenvalue weighted by Crippen LogP contribution is 2.38. The zero-order valence-electron chi connectivity index (χ0n) is 14.9. The molecule has 2 aromatic carbocycles. The van der Waals surface area contributed by atoms with Crippen LogP contribution in [0, 0.1) is 5.82 Å². The molecular formula is C21H24FN2O2+. The fraction of sp³-hybridized carbons (Fsp3) is 0.429. The van der Waals surface area contributed by atoms with Gasteiger partial charge in [0.2, 0.25) is 6.29 Å². The molecule has 3 saturated heterocycles. The summed E-state index contributed by atoms with van der Waals surface area (Å²) in [7, 11) is 0. The van der Waals surface area contributed by atoms with Crippen molar-refractivity contribution in [2.45, 2.75) is 19.4 Å². The highest BCUT2D eigenvalue weighted by molar-refractivity contribution is 5.43. The van der Waals surface area contributed by atoms with Crippen LogP contribution in [0.1, 0.15) is 23.0 Å². The van der Waals surface area contributed by atoms with Gasteiger partial charge in [0.25, 0.3) is 0 Å². The second kappa shape index (κ2) is 6.34. The number of benzene rings is 2. The monoisotopic (exact) mass is 355 g/mol. The lowest BCUT2D eigenvalue weighted by Crippen LogP contribution is -2.66. The van der Waals surface area contributed by atoms with E-state index < -0.39 is 6.29 Å². The fourth-order valence-corrected chi connectivity index (χ4v) is 4.50. The van der Waals surface area contributed by atoms with Crippen molar-refractivity contribution in [1.82, 2.24) is 4.90 Å². The Bertz CT molecular complexity index is 789. The summed E-state index contributed by atoms with van der Waals surface area (Å²) < 4.78 is 27.4. The molecule has 0 unspecified atom stereocenters. The molecule has 4 nitrogen and oxygen atoms in total. The number of nitrogens with zero attached hydrogens (tertiary/aromatic N) is 2. The summed E-state index contributed by atoms with van der Waals surface area (Å²) >= 11 is 0. The standard InChI is InChI=1S/C21H24FN2O2/c22-19-12-17(14-24-9-6-23(7-10-24)8-11-24)20-18(13-19)15-25-21(26-20)16-4-2-1-3-5-16/h1-5,12-13,21H,6-11,14-15H2/q+1/t21-/m0/s1. The number of ether oxygens (including phenoxy) is 2. The minimum Gasteiger partial charge on any atom is -0.460 e. The second-order valence-electron chi connectivity index (χ2n) is 7.74. The van der Waals surface area contributed by atoms with Crippen molar-refractivity contribution in [3.05, 3.63) is 65.0 Å². The van der Waals surface area contributed by atoms with E-state index in [0.717, 1.165) is 72.7 Å². The van der Waals surface area contributed by atoms with Gasteiger partial charge >= 0.3 is 0 Å². The molecule has 136 valence electrons. The van der Waals surface area contributed by atoms with Crippen molar-refractivity contribution in [3.8, 4) is 5.75 Å². The van der Waals surface area contributed by atoms with E-state index in [1.54, 1.807) is 12.1 Å². The van der Waals surface area contributed by atoms with E-state index in [1.807, 2.05) is 30.3 Å². The van der Waals surface area contributed by atoms with Crippen LogP contribution >= 0.6 is 0 Å². The number of quaternary nitrogens is 1. The third kappa shape index (κ3) is 2.90. The quantitative estimate of drug-likeness (QED) is 0.790. The Balaban J connectivity index is 1.46. The highest BCUT2D eigenvalue weighted by atomic mass is 19.1. The Kier molecular flexibility index (Phi) is 3.96. The van der Waals surface area contributed by atoms with Gasteiger partial charge in [0, 0.05) is 30.8 Å². The molecular weight excluding hydrogens is 331 g/mol. The van der Waals surface area contributed by atoms with Gasteiger partial charge in [0.05, 0.1) is 31.8 Å². The number of fused-ring (bicyclic) bond motifs is 4. The molecule has 1 atom stereocenters. The largest absolute Gasteiger partial charge is 0.460 e. The van der Waals surface area contributed by atoms with Gasteiger partial charge in [-0.05, 0) is 12.1 Å². The lowest BCUT2D eigenvalue weighted by molar-refractivity contribution is -0.953. The van der Waals surface area contributed by atoms with Crippen molar-refractivity contribution < 1.29 is 18.3 Å². The maximum absolute atomic E-state index is 14.2.